The van der Waals surface area contributed by atoms with Gasteiger partial charge in [0.2, 0.25) is 0 Å². The van der Waals surface area contributed by atoms with Crippen LogP contribution in [0, 0.1) is 12.7 Å². The number of hydrogen-bond acceptors (Lipinski definition) is 2. The van der Waals surface area contributed by atoms with E-state index in [9.17, 15) is 4.39 Å². The van der Waals surface area contributed by atoms with Crippen LogP contribution in [0.5, 0.6) is 0 Å². The standard InChI is InChI=1S/C20H26FN3O.HI/c1-4-22-20(24-13-17-8-6-5-7-15(17)2)23-12-16-9-10-19(21)18(11-16)14-25-3;/h5-11H,4,12-14H2,1-3H3,(H2,22,23,24);1H. The van der Waals surface area contributed by atoms with Crippen LogP contribution in [0.15, 0.2) is 47.5 Å². The molecule has 0 saturated carbocycles. The van der Waals surface area contributed by atoms with Crippen molar-refractivity contribution in [1.82, 2.24) is 10.6 Å². The van der Waals surface area contributed by atoms with Gasteiger partial charge in [-0.15, -0.1) is 24.0 Å². The number of halogens is 2. The van der Waals surface area contributed by atoms with Gasteiger partial charge in [0.05, 0.1) is 13.2 Å². The molecule has 0 atom stereocenters. The van der Waals surface area contributed by atoms with Gasteiger partial charge >= 0.3 is 0 Å². The molecule has 2 rings (SSSR count). The SMILES string of the molecule is CCNC(=NCc1ccc(F)c(COC)c1)NCc1ccccc1C.I. The van der Waals surface area contributed by atoms with Crippen LogP contribution < -0.4 is 10.6 Å². The molecule has 0 aliphatic rings. The van der Waals surface area contributed by atoms with E-state index in [0.29, 0.717) is 18.7 Å². The van der Waals surface area contributed by atoms with Crippen molar-refractivity contribution in [1.29, 1.82) is 0 Å². The highest BCUT2D eigenvalue weighted by atomic mass is 127. The quantitative estimate of drug-likeness (QED) is 0.362. The molecule has 0 saturated heterocycles. The summed E-state index contributed by atoms with van der Waals surface area (Å²) in [6, 6.07) is 13.3. The minimum atomic E-state index is -0.251. The molecular formula is C20H27FIN3O. The molecule has 26 heavy (non-hydrogen) atoms. The number of guanidine groups is 1. The number of ether oxygens (including phenoxy) is 1. The van der Waals surface area contributed by atoms with Gasteiger partial charge in [0.25, 0.3) is 0 Å². The largest absolute Gasteiger partial charge is 0.380 e. The number of aliphatic imine (C=N–C) groups is 1. The van der Waals surface area contributed by atoms with E-state index in [1.807, 2.05) is 19.1 Å². The number of rotatable bonds is 7. The molecule has 6 heteroatoms. The number of aryl methyl sites for hydroxylation is 1. The lowest BCUT2D eigenvalue weighted by Crippen LogP contribution is -2.36. The summed E-state index contributed by atoms with van der Waals surface area (Å²) in [5.74, 6) is 0.488. The minimum Gasteiger partial charge on any atom is -0.380 e. The monoisotopic (exact) mass is 471 g/mol. The summed E-state index contributed by atoms with van der Waals surface area (Å²) < 4.78 is 18.7. The second-order valence-electron chi connectivity index (χ2n) is 5.83. The minimum absolute atomic E-state index is 0. The maximum atomic E-state index is 13.7. The van der Waals surface area contributed by atoms with Gasteiger partial charge in [-0.3, -0.25) is 0 Å². The Balaban J connectivity index is 0.00000338. The van der Waals surface area contributed by atoms with Crippen LogP contribution in [0.3, 0.4) is 0 Å². The van der Waals surface area contributed by atoms with Crippen molar-refractivity contribution >= 4 is 29.9 Å². The van der Waals surface area contributed by atoms with E-state index >= 15 is 0 Å². The van der Waals surface area contributed by atoms with Crippen LogP contribution >= 0.6 is 24.0 Å². The summed E-state index contributed by atoms with van der Waals surface area (Å²) in [7, 11) is 1.56. The summed E-state index contributed by atoms with van der Waals surface area (Å²) in [6.07, 6.45) is 0. The molecule has 2 N–H and O–H groups in total. The topological polar surface area (TPSA) is 45.7 Å². The normalized spacial score (nSPS) is 11.0. The van der Waals surface area contributed by atoms with Crippen molar-refractivity contribution in [3.63, 3.8) is 0 Å². The lowest BCUT2D eigenvalue weighted by atomic mass is 10.1. The summed E-state index contributed by atoms with van der Waals surface area (Å²) >= 11 is 0. The molecule has 0 heterocycles. The zero-order chi connectivity index (χ0) is 18.1. The molecule has 0 bridgehead atoms. The molecule has 2 aromatic carbocycles. The number of methoxy groups -OCH3 is 1. The highest BCUT2D eigenvalue weighted by molar-refractivity contribution is 14.0. The zero-order valence-corrected chi connectivity index (χ0v) is 17.8. The molecule has 0 aliphatic heterocycles. The van der Waals surface area contributed by atoms with E-state index in [2.05, 4.69) is 34.7 Å². The van der Waals surface area contributed by atoms with Gasteiger partial charge in [-0.2, -0.15) is 0 Å². The first-order chi connectivity index (χ1) is 12.1. The van der Waals surface area contributed by atoms with Crippen molar-refractivity contribution in [2.45, 2.75) is 33.5 Å². The third-order valence-electron chi connectivity index (χ3n) is 3.88. The summed E-state index contributed by atoms with van der Waals surface area (Å²) in [4.78, 5) is 4.59. The number of benzene rings is 2. The van der Waals surface area contributed by atoms with Crippen molar-refractivity contribution in [3.8, 4) is 0 Å². The van der Waals surface area contributed by atoms with Crippen LogP contribution in [0.2, 0.25) is 0 Å². The van der Waals surface area contributed by atoms with Crippen LogP contribution in [-0.4, -0.2) is 19.6 Å². The Morgan fingerprint density at radius 3 is 2.58 bits per heavy atom. The summed E-state index contributed by atoms with van der Waals surface area (Å²) in [5, 5.41) is 6.57. The van der Waals surface area contributed by atoms with Gasteiger partial charge in [-0.1, -0.05) is 30.3 Å². The number of hydrogen-bond donors (Lipinski definition) is 2. The van der Waals surface area contributed by atoms with Gasteiger partial charge < -0.3 is 15.4 Å². The first kappa shape index (κ1) is 22.4. The fourth-order valence-electron chi connectivity index (χ4n) is 2.49. The Labute approximate surface area is 172 Å². The van der Waals surface area contributed by atoms with E-state index in [4.69, 9.17) is 4.74 Å². The molecule has 0 fully saturated rings. The smallest absolute Gasteiger partial charge is 0.191 e. The van der Waals surface area contributed by atoms with E-state index in [1.165, 1.54) is 17.2 Å². The lowest BCUT2D eigenvalue weighted by Gasteiger charge is -2.13. The van der Waals surface area contributed by atoms with Gasteiger partial charge in [0, 0.05) is 25.8 Å². The van der Waals surface area contributed by atoms with Crippen molar-refractivity contribution in [2.75, 3.05) is 13.7 Å². The molecule has 0 aromatic heterocycles. The van der Waals surface area contributed by atoms with E-state index < -0.39 is 0 Å². The van der Waals surface area contributed by atoms with E-state index in [1.54, 1.807) is 19.2 Å². The Bertz CT molecular complexity index is 722. The Hall–Kier alpha value is -1.67. The lowest BCUT2D eigenvalue weighted by molar-refractivity contribution is 0.181. The van der Waals surface area contributed by atoms with Gasteiger partial charge in [-0.05, 0) is 42.7 Å². The van der Waals surface area contributed by atoms with Crippen molar-refractivity contribution < 1.29 is 9.13 Å². The summed E-state index contributed by atoms with van der Waals surface area (Å²) in [6.45, 7) is 6.33. The zero-order valence-electron chi connectivity index (χ0n) is 15.5. The number of nitrogens with zero attached hydrogens (tertiary/aromatic N) is 1. The molecule has 2 aromatic rings. The molecule has 4 nitrogen and oxygen atoms in total. The van der Waals surface area contributed by atoms with Crippen LogP contribution in [0.25, 0.3) is 0 Å². The second kappa shape index (κ2) is 11.9. The molecule has 0 radical (unpaired) electrons. The maximum Gasteiger partial charge on any atom is 0.191 e. The maximum absolute atomic E-state index is 13.7. The first-order valence-electron chi connectivity index (χ1n) is 8.47. The third kappa shape index (κ3) is 6.92. The van der Waals surface area contributed by atoms with E-state index in [-0.39, 0.29) is 36.4 Å². The molecule has 0 spiro atoms. The van der Waals surface area contributed by atoms with Gasteiger partial charge in [0.1, 0.15) is 5.82 Å². The number of nitrogens with one attached hydrogen (secondary N) is 2. The fourth-order valence-corrected chi connectivity index (χ4v) is 2.49. The van der Waals surface area contributed by atoms with Crippen LogP contribution in [0.4, 0.5) is 4.39 Å². The predicted octanol–water partition coefficient (Wildman–Crippen LogP) is 4.15. The van der Waals surface area contributed by atoms with E-state index in [0.717, 1.165) is 18.1 Å². The molecule has 0 amide bonds. The first-order valence-corrected chi connectivity index (χ1v) is 8.47. The van der Waals surface area contributed by atoms with Crippen molar-refractivity contribution in [2.24, 2.45) is 4.99 Å². The Morgan fingerprint density at radius 1 is 1.12 bits per heavy atom. The summed E-state index contributed by atoms with van der Waals surface area (Å²) in [5.41, 5.74) is 3.97. The van der Waals surface area contributed by atoms with Crippen LogP contribution in [0.1, 0.15) is 29.2 Å². The second-order valence-corrected chi connectivity index (χ2v) is 5.83. The van der Waals surface area contributed by atoms with Gasteiger partial charge in [-0.25, -0.2) is 9.38 Å². The molecule has 0 aliphatic carbocycles. The van der Waals surface area contributed by atoms with Crippen LogP contribution in [-0.2, 0) is 24.4 Å². The van der Waals surface area contributed by atoms with Crippen molar-refractivity contribution in [3.05, 3.63) is 70.5 Å². The Kier molecular flexibility index (Phi) is 10.2. The predicted molar refractivity (Wildman–Crippen MR) is 115 cm³/mol. The highest BCUT2D eigenvalue weighted by Crippen LogP contribution is 2.12. The molecular weight excluding hydrogens is 444 g/mol. The van der Waals surface area contributed by atoms with Gasteiger partial charge in [0.15, 0.2) is 5.96 Å². The Morgan fingerprint density at radius 2 is 1.88 bits per heavy atom. The highest BCUT2D eigenvalue weighted by Gasteiger charge is 2.04. The fraction of sp³-hybridized carbons (Fsp3) is 0.350. The average Bonchev–Trinajstić information content (AvgIpc) is 2.61. The third-order valence-corrected chi connectivity index (χ3v) is 3.88. The molecule has 142 valence electrons. The average molecular weight is 471 g/mol. The molecule has 0 unspecified atom stereocenters.